The molecule has 0 spiro atoms. The Morgan fingerprint density at radius 1 is 1.22 bits per heavy atom. The molecule has 0 unspecified atom stereocenters. The monoisotopic (exact) mass is 129 g/mol. The number of nitrogens with zero attached hydrogens (tertiary/aromatic N) is 1. The van der Waals surface area contributed by atoms with Crippen LogP contribution >= 0.6 is 0 Å². The molecule has 0 aromatic rings. The topological polar surface area (TPSA) is 0 Å². The first-order valence-electron chi connectivity index (χ1n) is 3.73. The van der Waals surface area contributed by atoms with Gasteiger partial charge in [-0.2, -0.15) is 0 Å². The van der Waals surface area contributed by atoms with E-state index in [2.05, 4.69) is 27.9 Å². The zero-order chi connectivity index (χ0) is 7.33. The van der Waals surface area contributed by atoms with Crippen LogP contribution in [0.4, 0.5) is 0 Å². The Labute approximate surface area is 59.3 Å². The van der Waals surface area contributed by atoms with Crippen molar-refractivity contribution in [3.8, 4) is 0 Å². The minimum absolute atomic E-state index is 1.05. The normalized spacial score (nSPS) is 12.0. The van der Waals surface area contributed by atoms with Crippen LogP contribution in [0.3, 0.4) is 0 Å². The maximum Gasteiger partial charge on any atom is 0.0782 e. The van der Waals surface area contributed by atoms with Crippen LogP contribution in [-0.2, 0) is 0 Å². The molecule has 0 N–H and O–H groups in total. The average Bonchev–Trinajstić information content (AvgIpc) is 1.64. The maximum atomic E-state index is 3.84. The van der Waals surface area contributed by atoms with Gasteiger partial charge >= 0.3 is 0 Å². The van der Waals surface area contributed by atoms with Crippen molar-refractivity contribution < 1.29 is 4.48 Å². The Morgan fingerprint density at radius 3 is 2.11 bits per heavy atom. The van der Waals surface area contributed by atoms with Gasteiger partial charge in [0.2, 0.25) is 0 Å². The van der Waals surface area contributed by atoms with Gasteiger partial charge < -0.3 is 4.48 Å². The fraction of sp³-hybridized carbons (Fsp3) is 0.875. The molecule has 0 heterocycles. The van der Waals surface area contributed by atoms with Crippen molar-refractivity contribution in [2.75, 3.05) is 27.2 Å². The minimum atomic E-state index is 1.05. The number of hydrogen-bond acceptors (Lipinski definition) is 0. The molecule has 1 nitrogen and oxygen atoms in total. The Kier molecular flexibility index (Phi) is 3.87. The molecule has 0 aliphatic carbocycles. The lowest BCUT2D eigenvalue weighted by Gasteiger charge is -2.28. The van der Waals surface area contributed by atoms with Crippen molar-refractivity contribution in [2.24, 2.45) is 0 Å². The van der Waals surface area contributed by atoms with Gasteiger partial charge in [0.05, 0.1) is 27.2 Å². The zero-order valence-corrected chi connectivity index (χ0v) is 6.98. The van der Waals surface area contributed by atoms with Gasteiger partial charge in [0, 0.05) is 0 Å². The molecule has 0 aromatic carbocycles. The van der Waals surface area contributed by atoms with E-state index < -0.39 is 0 Å². The molecule has 0 bridgehead atoms. The van der Waals surface area contributed by atoms with E-state index in [1.165, 1.54) is 19.5 Å². The lowest BCUT2D eigenvalue weighted by Crippen LogP contribution is -2.40. The largest absolute Gasteiger partial charge is 0.328 e. The van der Waals surface area contributed by atoms with Gasteiger partial charge in [0.25, 0.3) is 0 Å². The molecular formula is C8H19N+. The molecule has 1 heteroatoms. The Balaban J connectivity index is 3.43. The molecule has 0 aliphatic heterocycles. The van der Waals surface area contributed by atoms with Gasteiger partial charge in [-0.1, -0.05) is 6.92 Å². The summed E-state index contributed by atoms with van der Waals surface area (Å²) in [6.07, 6.45) is 2.32. The van der Waals surface area contributed by atoms with Crippen molar-refractivity contribution in [2.45, 2.75) is 19.8 Å². The molecule has 0 saturated carbocycles. The summed E-state index contributed by atoms with van der Waals surface area (Å²) in [4.78, 5) is 0. The minimum Gasteiger partial charge on any atom is -0.328 e. The molecule has 0 aromatic heterocycles. The molecule has 0 rings (SSSR count). The van der Waals surface area contributed by atoms with Crippen LogP contribution in [-0.4, -0.2) is 31.7 Å². The summed E-state index contributed by atoms with van der Waals surface area (Å²) in [7, 11) is 4.52. The highest BCUT2D eigenvalue weighted by Crippen LogP contribution is 1.99. The molecule has 0 atom stereocenters. The molecule has 9 heavy (non-hydrogen) atoms. The summed E-state index contributed by atoms with van der Waals surface area (Å²) in [5, 5.41) is 0. The van der Waals surface area contributed by atoms with E-state index in [0.717, 1.165) is 10.9 Å². The molecule has 55 valence electrons. The lowest BCUT2D eigenvalue weighted by atomic mass is 10.3. The van der Waals surface area contributed by atoms with Crippen LogP contribution in [0.1, 0.15) is 19.8 Å². The van der Waals surface area contributed by atoms with Gasteiger partial charge in [-0.25, -0.2) is 0 Å². The summed E-state index contributed by atoms with van der Waals surface area (Å²) in [5.41, 5.74) is 0. The Bertz CT molecular complexity index is 59.0. The Morgan fingerprint density at radius 2 is 1.78 bits per heavy atom. The SMILES string of the molecule is [CH2]CC[N+](C)(C)CCC. The Hall–Kier alpha value is -0.0400. The van der Waals surface area contributed by atoms with Gasteiger partial charge in [-0.15, -0.1) is 0 Å². The van der Waals surface area contributed by atoms with Crippen molar-refractivity contribution in [1.29, 1.82) is 0 Å². The van der Waals surface area contributed by atoms with Crippen LogP contribution in [0.5, 0.6) is 0 Å². The van der Waals surface area contributed by atoms with E-state index >= 15 is 0 Å². The van der Waals surface area contributed by atoms with E-state index in [-0.39, 0.29) is 0 Å². The van der Waals surface area contributed by atoms with E-state index in [0.29, 0.717) is 0 Å². The van der Waals surface area contributed by atoms with Crippen molar-refractivity contribution in [3.63, 3.8) is 0 Å². The first-order valence-corrected chi connectivity index (χ1v) is 3.73. The third-order valence-electron chi connectivity index (χ3n) is 1.59. The molecular weight excluding hydrogens is 110 g/mol. The highest BCUT2D eigenvalue weighted by Gasteiger charge is 2.09. The second-order valence-electron chi connectivity index (χ2n) is 3.24. The molecule has 1 radical (unpaired) electrons. The summed E-state index contributed by atoms with van der Waals surface area (Å²) in [6.45, 7) is 8.54. The number of quaternary nitrogens is 1. The highest BCUT2D eigenvalue weighted by molar-refractivity contribution is 4.37. The maximum absolute atomic E-state index is 3.84. The van der Waals surface area contributed by atoms with E-state index in [1.807, 2.05) is 0 Å². The van der Waals surface area contributed by atoms with E-state index in [9.17, 15) is 0 Å². The van der Waals surface area contributed by atoms with Crippen molar-refractivity contribution >= 4 is 0 Å². The smallest absolute Gasteiger partial charge is 0.0782 e. The summed E-state index contributed by atoms with van der Waals surface area (Å²) in [6, 6.07) is 0. The second kappa shape index (κ2) is 3.89. The first kappa shape index (κ1) is 8.96. The first-order chi connectivity index (χ1) is 4.12. The van der Waals surface area contributed by atoms with E-state index in [4.69, 9.17) is 0 Å². The summed E-state index contributed by atoms with van der Waals surface area (Å²) < 4.78 is 1.12. The third-order valence-corrected chi connectivity index (χ3v) is 1.59. The van der Waals surface area contributed by atoms with E-state index in [1.54, 1.807) is 0 Å². The number of hydrogen-bond donors (Lipinski definition) is 0. The summed E-state index contributed by atoms with van der Waals surface area (Å²) >= 11 is 0. The quantitative estimate of drug-likeness (QED) is 0.507. The van der Waals surface area contributed by atoms with Crippen LogP contribution in [0.15, 0.2) is 0 Å². The lowest BCUT2D eigenvalue weighted by molar-refractivity contribution is -0.890. The standard InChI is InChI=1S/C8H19N/c1-5-7-9(3,4)8-6-2/h1,5-8H2,2-4H3/q+1. The van der Waals surface area contributed by atoms with Gasteiger partial charge in [-0.3, -0.25) is 0 Å². The second-order valence-corrected chi connectivity index (χ2v) is 3.24. The van der Waals surface area contributed by atoms with Gasteiger partial charge in [0.15, 0.2) is 0 Å². The molecule has 0 amide bonds. The highest BCUT2D eigenvalue weighted by atomic mass is 15.3. The van der Waals surface area contributed by atoms with Crippen LogP contribution in [0.25, 0.3) is 0 Å². The number of rotatable bonds is 4. The van der Waals surface area contributed by atoms with Gasteiger partial charge in [-0.05, 0) is 19.8 Å². The van der Waals surface area contributed by atoms with Gasteiger partial charge in [0.1, 0.15) is 0 Å². The predicted octanol–water partition coefficient (Wildman–Crippen LogP) is 1.70. The zero-order valence-electron chi connectivity index (χ0n) is 6.98. The fourth-order valence-electron chi connectivity index (χ4n) is 1.15. The molecule has 0 aliphatic rings. The van der Waals surface area contributed by atoms with Crippen LogP contribution in [0, 0.1) is 6.92 Å². The molecule has 0 saturated heterocycles. The molecule has 0 fully saturated rings. The average molecular weight is 129 g/mol. The van der Waals surface area contributed by atoms with Crippen molar-refractivity contribution in [1.82, 2.24) is 0 Å². The third kappa shape index (κ3) is 4.46. The van der Waals surface area contributed by atoms with Crippen LogP contribution in [0.2, 0.25) is 0 Å². The predicted molar refractivity (Wildman–Crippen MR) is 42.1 cm³/mol. The fourth-order valence-corrected chi connectivity index (χ4v) is 1.15. The summed E-state index contributed by atoms with van der Waals surface area (Å²) in [5.74, 6) is 0. The van der Waals surface area contributed by atoms with Crippen molar-refractivity contribution in [3.05, 3.63) is 6.92 Å². The van der Waals surface area contributed by atoms with Crippen LogP contribution < -0.4 is 0 Å².